The van der Waals surface area contributed by atoms with Crippen molar-refractivity contribution < 1.29 is 9.90 Å². The molecular formula is C12H24N2O2. The number of hydrogen-bond acceptors (Lipinski definition) is 3. The number of rotatable bonds is 7. The van der Waals surface area contributed by atoms with Crippen LogP contribution >= 0.6 is 0 Å². The molecule has 0 bridgehead atoms. The molecule has 0 radical (unpaired) electrons. The molecule has 1 saturated carbocycles. The SMILES string of the molecule is CCCC(N)CC(=O)N(CCO)C1CCC1. The van der Waals surface area contributed by atoms with E-state index in [9.17, 15) is 4.79 Å². The quantitative estimate of drug-likeness (QED) is 0.679. The minimum absolute atomic E-state index is 0.0289. The summed E-state index contributed by atoms with van der Waals surface area (Å²) in [5.74, 6) is 0.111. The molecule has 0 aliphatic heterocycles. The largest absolute Gasteiger partial charge is 0.395 e. The van der Waals surface area contributed by atoms with Crippen LogP contribution in [0, 0.1) is 0 Å². The van der Waals surface area contributed by atoms with E-state index in [0.29, 0.717) is 19.0 Å². The zero-order valence-electron chi connectivity index (χ0n) is 10.2. The first-order chi connectivity index (χ1) is 7.69. The van der Waals surface area contributed by atoms with Gasteiger partial charge in [0.25, 0.3) is 0 Å². The Kier molecular flexibility index (Phi) is 5.77. The standard InChI is InChI=1S/C12H24N2O2/c1-2-4-10(13)9-12(16)14(7-8-15)11-5-3-6-11/h10-11,15H,2-9,13H2,1H3. The maximum Gasteiger partial charge on any atom is 0.224 e. The van der Waals surface area contributed by atoms with Crippen LogP contribution in [0.1, 0.15) is 45.4 Å². The number of nitrogens with two attached hydrogens (primary N) is 1. The number of amides is 1. The van der Waals surface area contributed by atoms with Gasteiger partial charge < -0.3 is 15.7 Å². The first-order valence-corrected chi connectivity index (χ1v) is 6.35. The summed E-state index contributed by atoms with van der Waals surface area (Å²) in [6, 6.07) is 0.326. The molecule has 1 aliphatic rings. The van der Waals surface area contributed by atoms with Crippen LogP contribution in [-0.2, 0) is 4.79 Å². The van der Waals surface area contributed by atoms with Gasteiger partial charge in [-0.1, -0.05) is 13.3 Å². The van der Waals surface area contributed by atoms with E-state index in [0.717, 1.165) is 25.7 Å². The molecule has 94 valence electrons. The van der Waals surface area contributed by atoms with Crippen molar-refractivity contribution in [3.8, 4) is 0 Å². The third-order valence-corrected chi connectivity index (χ3v) is 3.27. The fourth-order valence-electron chi connectivity index (χ4n) is 2.13. The van der Waals surface area contributed by atoms with Crippen molar-refractivity contribution >= 4 is 5.91 Å². The normalized spacial score (nSPS) is 17.9. The van der Waals surface area contributed by atoms with Gasteiger partial charge in [-0.15, -0.1) is 0 Å². The monoisotopic (exact) mass is 228 g/mol. The van der Waals surface area contributed by atoms with Gasteiger partial charge in [0.15, 0.2) is 0 Å². The third kappa shape index (κ3) is 3.76. The Labute approximate surface area is 97.8 Å². The summed E-state index contributed by atoms with van der Waals surface area (Å²) < 4.78 is 0. The van der Waals surface area contributed by atoms with Gasteiger partial charge in [0.05, 0.1) is 6.61 Å². The summed E-state index contributed by atoms with van der Waals surface area (Å²) in [6.45, 7) is 2.58. The lowest BCUT2D eigenvalue weighted by Gasteiger charge is -2.37. The van der Waals surface area contributed by atoms with Crippen LogP contribution in [-0.4, -0.2) is 41.1 Å². The molecule has 1 amide bonds. The van der Waals surface area contributed by atoms with Crippen LogP contribution in [0.4, 0.5) is 0 Å². The fraction of sp³-hybridized carbons (Fsp3) is 0.917. The van der Waals surface area contributed by atoms with E-state index in [1.165, 1.54) is 6.42 Å². The molecule has 0 spiro atoms. The Balaban J connectivity index is 2.40. The van der Waals surface area contributed by atoms with Crippen molar-refractivity contribution in [2.45, 2.75) is 57.5 Å². The van der Waals surface area contributed by atoms with Gasteiger partial charge in [0.1, 0.15) is 0 Å². The summed E-state index contributed by atoms with van der Waals surface area (Å²) in [6.07, 6.45) is 5.68. The molecule has 1 fully saturated rings. The van der Waals surface area contributed by atoms with Gasteiger partial charge in [-0.2, -0.15) is 0 Å². The topological polar surface area (TPSA) is 66.6 Å². The maximum atomic E-state index is 12.0. The van der Waals surface area contributed by atoms with Crippen LogP contribution in [0.3, 0.4) is 0 Å². The van der Waals surface area contributed by atoms with Crippen molar-refractivity contribution in [3.63, 3.8) is 0 Å². The van der Waals surface area contributed by atoms with Crippen LogP contribution < -0.4 is 5.73 Å². The Bertz CT molecular complexity index is 217. The minimum Gasteiger partial charge on any atom is -0.395 e. The molecule has 1 atom stereocenters. The molecule has 0 aromatic carbocycles. The predicted molar refractivity (Wildman–Crippen MR) is 63.9 cm³/mol. The molecule has 4 nitrogen and oxygen atoms in total. The highest BCUT2D eigenvalue weighted by atomic mass is 16.3. The zero-order chi connectivity index (χ0) is 12.0. The second-order valence-electron chi connectivity index (χ2n) is 4.65. The number of aliphatic hydroxyl groups excluding tert-OH is 1. The summed E-state index contributed by atoms with van der Waals surface area (Å²) in [4.78, 5) is 13.8. The number of hydrogen-bond donors (Lipinski definition) is 2. The van der Waals surface area contributed by atoms with Gasteiger partial charge in [-0.05, 0) is 25.7 Å². The highest BCUT2D eigenvalue weighted by Gasteiger charge is 2.28. The van der Waals surface area contributed by atoms with Crippen molar-refractivity contribution in [2.75, 3.05) is 13.2 Å². The Morgan fingerprint density at radius 1 is 1.56 bits per heavy atom. The van der Waals surface area contributed by atoms with Gasteiger partial charge >= 0.3 is 0 Å². The number of aliphatic hydroxyl groups is 1. The van der Waals surface area contributed by atoms with Gasteiger partial charge in [-0.25, -0.2) is 0 Å². The van der Waals surface area contributed by atoms with Crippen molar-refractivity contribution in [1.82, 2.24) is 4.90 Å². The first kappa shape index (κ1) is 13.5. The lowest BCUT2D eigenvalue weighted by Crippen LogP contribution is -2.47. The maximum absolute atomic E-state index is 12.0. The fourth-order valence-corrected chi connectivity index (χ4v) is 2.13. The highest BCUT2D eigenvalue weighted by molar-refractivity contribution is 5.77. The molecule has 1 rings (SSSR count). The third-order valence-electron chi connectivity index (χ3n) is 3.27. The molecule has 3 N–H and O–H groups in total. The van der Waals surface area contributed by atoms with E-state index in [1.54, 1.807) is 0 Å². The summed E-state index contributed by atoms with van der Waals surface area (Å²) in [5.41, 5.74) is 5.87. The summed E-state index contributed by atoms with van der Waals surface area (Å²) in [5, 5.41) is 8.97. The number of nitrogens with zero attached hydrogens (tertiary/aromatic N) is 1. The van der Waals surface area contributed by atoms with E-state index in [1.807, 2.05) is 4.90 Å². The molecule has 0 aromatic rings. The van der Waals surface area contributed by atoms with Crippen LogP contribution in [0.2, 0.25) is 0 Å². The molecule has 1 aliphatic carbocycles. The van der Waals surface area contributed by atoms with Crippen LogP contribution in [0.5, 0.6) is 0 Å². The zero-order valence-corrected chi connectivity index (χ0v) is 10.2. The first-order valence-electron chi connectivity index (χ1n) is 6.35. The molecule has 0 heterocycles. The average Bonchev–Trinajstić information content (AvgIpc) is 2.14. The summed E-state index contributed by atoms with van der Waals surface area (Å²) >= 11 is 0. The number of carbonyl (C=O) groups is 1. The van der Waals surface area contributed by atoms with E-state index in [4.69, 9.17) is 10.8 Å². The molecule has 1 unspecified atom stereocenters. The minimum atomic E-state index is -0.0289. The van der Waals surface area contributed by atoms with Crippen molar-refractivity contribution in [1.29, 1.82) is 0 Å². The second-order valence-corrected chi connectivity index (χ2v) is 4.65. The second kappa shape index (κ2) is 6.86. The smallest absolute Gasteiger partial charge is 0.224 e. The van der Waals surface area contributed by atoms with E-state index in [-0.39, 0.29) is 18.6 Å². The summed E-state index contributed by atoms with van der Waals surface area (Å²) in [7, 11) is 0. The van der Waals surface area contributed by atoms with Crippen LogP contribution in [0.25, 0.3) is 0 Å². The Morgan fingerprint density at radius 2 is 2.25 bits per heavy atom. The van der Waals surface area contributed by atoms with E-state index in [2.05, 4.69) is 6.92 Å². The van der Waals surface area contributed by atoms with Gasteiger partial charge in [0, 0.05) is 25.0 Å². The molecule has 0 aromatic heterocycles. The molecule has 4 heteroatoms. The Hall–Kier alpha value is -0.610. The molecular weight excluding hydrogens is 204 g/mol. The van der Waals surface area contributed by atoms with Crippen LogP contribution in [0.15, 0.2) is 0 Å². The predicted octanol–water partition coefficient (Wildman–Crippen LogP) is 0.877. The van der Waals surface area contributed by atoms with Crippen molar-refractivity contribution in [3.05, 3.63) is 0 Å². The number of carbonyl (C=O) groups excluding carboxylic acids is 1. The Morgan fingerprint density at radius 3 is 2.69 bits per heavy atom. The lowest BCUT2D eigenvalue weighted by molar-refractivity contribution is -0.136. The molecule has 0 saturated heterocycles. The van der Waals surface area contributed by atoms with Gasteiger partial charge in [-0.3, -0.25) is 4.79 Å². The van der Waals surface area contributed by atoms with Crippen molar-refractivity contribution in [2.24, 2.45) is 5.73 Å². The van der Waals surface area contributed by atoms with E-state index < -0.39 is 0 Å². The highest BCUT2D eigenvalue weighted by Crippen LogP contribution is 2.25. The lowest BCUT2D eigenvalue weighted by atomic mass is 9.91. The molecule has 16 heavy (non-hydrogen) atoms. The average molecular weight is 228 g/mol. The van der Waals surface area contributed by atoms with E-state index >= 15 is 0 Å². The van der Waals surface area contributed by atoms with Gasteiger partial charge in [0.2, 0.25) is 5.91 Å².